The fourth-order valence-electron chi connectivity index (χ4n) is 2.18. The molecule has 19 heavy (non-hydrogen) atoms. The second-order valence-corrected chi connectivity index (χ2v) is 7.01. The summed E-state index contributed by atoms with van der Waals surface area (Å²) in [7, 11) is -3.72. The Labute approximate surface area is 113 Å². The molecule has 1 aromatic carbocycles. The van der Waals surface area contributed by atoms with Gasteiger partial charge in [-0.3, -0.25) is 0 Å². The molecule has 0 radical (unpaired) electrons. The van der Waals surface area contributed by atoms with Gasteiger partial charge in [-0.05, 0) is 38.3 Å². The molecule has 2 rings (SSSR count). The van der Waals surface area contributed by atoms with E-state index >= 15 is 0 Å². The normalized spacial score (nSPS) is 17.4. The Balaban J connectivity index is 2.23. The fourth-order valence-corrected chi connectivity index (χ4v) is 3.73. The average molecular weight is 286 g/mol. The summed E-state index contributed by atoms with van der Waals surface area (Å²) in [6.07, 6.45) is 3.15. The molecule has 6 heteroatoms. The molecule has 1 fully saturated rings. The zero-order valence-corrected chi connectivity index (χ0v) is 11.9. The molecule has 1 atom stereocenters. The molecule has 0 aromatic heterocycles. The van der Waals surface area contributed by atoms with Crippen molar-refractivity contribution in [2.75, 3.05) is 5.73 Å². The number of nitrogens with one attached hydrogen (secondary N) is 1. The van der Waals surface area contributed by atoms with Crippen LogP contribution in [-0.2, 0) is 10.0 Å². The minimum absolute atomic E-state index is 0.0763. The van der Waals surface area contributed by atoms with E-state index in [4.69, 9.17) is 5.73 Å². The lowest BCUT2D eigenvalue weighted by Gasteiger charge is -2.15. The first kappa shape index (κ1) is 14.3. The lowest BCUT2D eigenvalue weighted by molar-refractivity contribution is 0.528. The van der Waals surface area contributed by atoms with Gasteiger partial charge in [-0.15, -0.1) is 0 Å². The van der Waals surface area contributed by atoms with Crippen molar-refractivity contribution in [2.45, 2.75) is 44.0 Å². The van der Waals surface area contributed by atoms with Gasteiger partial charge in [0.05, 0.1) is 4.90 Å². The smallest absolute Gasteiger partial charge is 0.241 e. The van der Waals surface area contributed by atoms with Crippen LogP contribution in [0.15, 0.2) is 17.0 Å². The van der Waals surface area contributed by atoms with Crippen molar-refractivity contribution in [3.63, 3.8) is 0 Å². The van der Waals surface area contributed by atoms with E-state index < -0.39 is 15.8 Å². The molecule has 4 nitrogen and oxygen atoms in total. The van der Waals surface area contributed by atoms with E-state index in [0.717, 1.165) is 25.3 Å². The lowest BCUT2D eigenvalue weighted by Crippen LogP contribution is -2.33. The van der Waals surface area contributed by atoms with E-state index in [1.807, 2.05) is 6.92 Å². The van der Waals surface area contributed by atoms with Crippen LogP contribution in [0.25, 0.3) is 0 Å². The first-order chi connectivity index (χ1) is 8.79. The zero-order valence-electron chi connectivity index (χ0n) is 11.1. The standard InChI is InChI=1S/C13H19FN2O2S/c1-8(5-10-3-4-10)16-19(17,18)13-7-11(15)6-12(14)9(13)2/h6-8,10,16H,3-5,15H2,1-2H3. The quantitative estimate of drug-likeness (QED) is 0.815. The Morgan fingerprint density at radius 3 is 2.68 bits per heavy atom. The van der Waals surface area contributed by atoms with E-state index in [2.05, 4.69) is 4.72 Å². The van der Waals surface area contributed by atoms with Crippen LogP contribution in [-0.4, -0.2) is 14.5 Å². The Hall–Kier alpha value is -1.14. The van der Waals surface area contributed by atoms with E-state index in [9.17, 15) is 12.8 Å². The monoisotopic (exact) mass is 286 g/mol. The maximum absolute atomic E-state index is 13.6. The molecule has 0 spiro atoms. The van der Waals surface area contributed by atoms with Gasteiger partial charge in [0.2, 0.25) is 10.0 Å². The Bertz CT molecular complexity index is 583. The predicted molar refractivity (Wildman–Crippen MR) is 72.7 cm³/mol. The lowest BCUT2D eigenvalue weighted by atomic mass is 10.2. The van der Waals surface area contributed by atoms with Crippen molar-refractivity contribution in [2.24, 2.45) is 5.92 Å². The second-order valence-electron chi connectivity index (χ2n) is 5.33. The maximum atomic E-state index is 13.6. The molecule has 0 aliphatic heterocycles. The van der Waals surface area contributed by atoms with E-state index in [0.29, 0.717) is 5.92 Å². The Kier molecular flexibility index (Phi) is 3.82. The summed E-state index contributed by atoms with van der Waals surface area (Å²) in [5.41, 5.74) is 5.72. The van der Waals surface area contributed by atoms with Gasteiger partial charge in [0.15, 0.2) is 0 Å². The Morgan fingerprint density at radius 2 is 2.11 bits per heavy atom. The highest BCUT2D eigenvalue weighted by Crippen LogP contribution is 2.33. The minimum Gasteiger partial charge on any atom is -0.399 e. The maximum Gasteiger partial charge on any atom is 0.241 e. The molecule has 0 amide bonds. The van der Waals surface area contributed by atoms with Crippen molar-refractivity contribution in [3.8, 4) is 0 Å². The van der Waals surface area contributed by atoms with Crippen LogP contribution >= 0.6 is 0 Å². The van der Waals surface area contributed by atoms with Crippen LogP contribution in [0.4, 0.5) is 10.1 Å². The zero-order chi connectivity index (χ0) is 14.2. The summed E-state index contributed by atoms with van der Waals surface area (Å²) in [6, 6.07) is 2.27. The van der Waals surface area contributed by atoms with Gasteiger partial charge in [0.1, 0.15) is 5.82 Å². The topological polar surface area (TPSA) is 72.2 Å². The van der Waals surface area contributed by atoms with Gasteiger partial charge >= 0.3 is 0 Å². The molecule has 106 valence electrons. The van der Waals surface area contributed by atoms with Crippen LogP contribution in [0.3, 0.4) is 0 Å². The SMILES string of the molecule is Cc1c(F)cc(N)cc1S(=O)(=O)NC(C)CC1CC1. The molecule has 1 unspecified atom stereocenters. The van der Waals surface area contributed by atoms with Crippen LogP contribution < -0.4 is 10.5 Å². The molecule has 1 aliphatic rings. The third kappa shape index (κ3) is 3.45. The van der Waals surface area contributed by atoms with Crippen LogP contribution in [0.5, 0.6) is 0 Å². The first-order valence-corrected chi connectivity index (χ1v) is 7.86. The molecular formula is C13H19FN2O2S. The number of anilines is 1. The summed E-state index contributed by atoms with van der Waals surface area (Å²) in [5, 5.41) is 0. The van der Waals surface area contributed by atoms with Crippen LogP contribution in [0, 0.1) is 18.7 Å². The van der Waals surface area contributed by atoms with Gasteiger partial charge in [0.25, 0.3) is 0 Å². The number of hydrogen-bond donors (Lipinski definition) is 2. The van der Waals surface area contributed by atoms with Gasteiger partial charge in [-0.2, -0.15) is 0 Å². The summed E-state index contributed by atoms with van der Waals surface area (Å²) >= 11 is 0. The predicted octanol–water partition coefficient (Wildman–Crippen LogP) is 2.18. The van der Waals surface area contributed by atoms with Crippen molar-refractivity contribution in [1.29, 1.82) is 0 Å². The van der Waals surface area contributed by atoms with Gasteiger partial charge < -0.3 is 5.73 Å². The number of halogens is 1. The molecule has 1 aliphatic carbocycles. The Morgan fingerprint density at radius 1 is 1.47 bits per heavy atom. The van der Waals surface area contributed by atoms with Gasteiger partial charge in [-0.1, -0.05) is 12.8 Å². The van der Waals surface area contributed by atoms with E-state index in [-0.39, 0.29) is 22.2 Å². The third-order valence-electron chi connectivity index (χ3n) is 3.35. The molecule has 0 heterocycles. The third-order valence-corrected chi connectivity index (χ3v) is 5.06. The number of sulfonamides is 1. The summed E-state index contributed by atoms with van der Waals surface area (Å²) in [6.45, 7) is 3.27. The molecule has 0 saturated heterocycles. The number of nitrogens with two attached hydrogens (primary N) is 1. The average Bonchev–Trinajstić information content (AvgIpc) is 3.05. The summed E-state index contributed by atoms with van der Waals surface area (Å²) < 4.78 is 40.6. The second kappa shape index (κ2) is 5.09. The molecule has 1 saturated carbocycles. The first-order valence-electron chi connectivity index (χ1n) is 6.37. The van der Waals surface area contributed by atoms with Crippen LogP contribution in [0.1, 0.15) is 31.7 Å². The van der Waals surface area contributed by atoms with E-state index in [1.54, 1.807) is 0 Å². The minimum atomic E-state index is -3.72. The van der Waals surface area contributed by atoms with E-state index in [1.165, 1.54) is 13.0 Å². The van der Waals surface area contributed by atoms with Gasteiger partial charge in [-0.25, -0.2) is 17.5 Å². The van der Waals surface area contributed by atoms with Crippen molar-refractivity contribution in [3.05, 3.63) is 23.5 Å². The van der Waals surface area contributed by atoms with Crippen molar-refractivity contribution >= 4 is 15.7 Å². The largest absolute Gasteiger partial charge is 0.399 e. The molecule has 1 aromatic rings. The highest BCUT2D eigenvalue weighted by Gasteiger charge is 2.27. The number of rotatable bonds is 5. The molecular weight excluding hydrogens is 267 g/mol. The fraction of sp³-hybridized carbons (Fsp3) is 0.538. The van der Waals surface area contributed by atoms with Crippen molar-refractivity contribution < 1.29 is 12.8 Å². The van der Waals surface area contributed by atoms with Crippen molar-refractivity contribution in [1.82, 2.24) is 4.72 Å². The number of benzene rings is 1. The highest BCUT2D eigenvalue weighted by molar-refractivity contribution is 7.89. The molecule has 0 bridgehead atoms. The summed E-state index contributed by atoms with van der Waals surface area (Å²) in [5.74, 6) is 0.0200. The number of nitrogen functional groups attached to an aromatic ring is 1. The van der Waals surface area contributed by atoms with Gasteiger partial charge in [0, 0.05) is 17.3 Å². The molecule has 3 N–H and O–H groups in total. The number of hydrogen-bond acceptors (Lipinski definition) is 3. The van der Waals surface area contributed by atoms with Crippen LogP contribution in [0.2, 0.25) is 0 Å². The summed E-state index contributed by atoms with van der Waals surface area (Å²) in [4.78, 5) is -0.0763. The highest BCUT2D eigenvalue weighted by atomic mass is 32.2.